The molecular formula is C39H34N4O6Si. The lowest BCUT2D eigenvalue weighted by Crippen LogP contribution is -2.69. The number of oxazole rings is 3. The summed E-state index contributed by atoms with van der Waals surface area (Å²) in [6.07, 6.45) is 1.23. The second-order valence-electron chi connectivity index (χ2n) is 11.7. The number of hydrogen-bond acceptors (Lipinski definition) is 10. The maximum atomic E-state index is 12.6. The highest BCUT2D eigenvalue weighted by molar-refractivity contribution is 7.07. The molecule has 0 radical (unpaired) electrons. The molecule has 0 aliphatic carbocycles. The monoisotopic (exact) mass is 682 g/mol. The van der Waals surface area contributed by atoms with Gasteiger partial charge in [0.1, 0.15) is 30.4 Å². The Morgan fingerprint density at radius 1 is 0.700 bits per heavy atom. The minimum absolute atomic E-state index is 0.0203. The Hall–Kier alpha value is -5.88. The Bertz CT molecular complexity index is 2090. The molecule has 0 saturated heterocycles. The number of benzene rings is 4. The number of carbonyl (C=O) groups is 1. The zero-order valence-electron chi connectivity index (χ0n) is 27.5. The lowest BCUT2D eigenvalue weighted by Gasteiger charge is -2.33. The molecule has 11 heteroatoms. The number of ether oxygens (including phenoxy) is 1. The number of rotatable bonds is 12. The predicted molar refractivity (Wildman–Crippen MR) is 189 cm³/mol. The zero-order chi connectivity index (χ0) is 34.5. The number of hydrogen-bond donors (Lipinski definition) is 1. The van der Waals surface area contributed by atoms with E-state index < -0.39 is 20.3 Å². The van der Waals surface area contributed by atoms with Gasteiger partial charge in [-0.3, -0.25) is 0 Å². The third-order valence-corrected chi connectivity index (χ3v) is 12.3. The van der Waals surface area contributed by atoms with Crippen molar-refractivity contribution in [2.75, 3.05) is 6.61 Å². The summed E-state index contributed by atoms with van der Waals surface area (Å²) in [5.74, 6) is 0.875. The zero-order valence-corrected chi connectivity index (χ0v) is 28.5. The van der Waals surface area contributed by atoms with Crippen LogP contribution in [0.5, 0.6) is 0 Å². The highest BCUT2D eigenvalue weighted by Crippen LogP contribution is 2.31. The molecule has 2 N–H and O–H groups in total. The maximum Gasteiger partial charge on any atom is 0.360 e. The van der Waals surface area contributed by atoms with E-state index in [9.17, 15) is 4.79 Å². The number of esters is 1. The van der Waals surface area contributed by atoms with E-state index in [4.69, 9.17) is 33.1 Å². The van der Waals surface area contributed by atoms with Crippen molar-refractivity contribution in [1.29, 1.82) is 0 Å². The van der Waals surface area contributed by atoms with Gasteiger partial charge in [-0.05, 0) is 35.0 Å². The highest BCUT2D eigenvalue weighted by atomic mass is 28.4. The van der Waals surface area contributed by atoms with Crippen molar-refractivity contribution < 1.29 is 27.2 Å². The summed E-state index contributed by atoms with van der Waals surface area (Å²) < 4.78 is 30.0. The minimum Gasteiger partial charge on any atom is -0.456 e. The Kier molecular flexibility index (Phi) is 9.34. The van der Waals surface area contributed by atoms with Crippen LogP contribution < -0.4 is 21.3 Å². The molecule has 0 spiro atoms. The molecule has 7 rings (SSSR count). The van der Waals surface area contributed by atoms with Crippen LogP contribution in [0.25, 0.3) is 23.2 Å². The minimum atomic E-state index is -2.99. The number of nitrogens with two attached hydrogens (primary N) is 1. The second kappa shape index (κ2) is 14.3. The van der Waals surface area contributed by atoms with Crippen LogP contribution in [0.1, 0.15) is 39.5 Å². The van der Waals surface area contributed by atoms with Crippen LogP contribution in [-0.4, -0.2) is 35.8 Å². The van der Waals surface area contributed by atoms with E-state index in [-0.39, 0.29) is 36.6 Å². The molecule has 3 aromatic heterocycles. The molecule has 0 aliphatic rings. The van der Waals surface area contributed by atoms with Gasteiger partial charge in [-0.15, -0.1) is 0 Å². The Balaban J connectivity index is 1.12. The van der Waals surface area contributed by atoms with Crippen molar-refractivity contribution >= 4 is 29.8 Å². The van der Waals surface area contributed by atoms with Crippen molar-refractivity contribution in [3.05, 3.63) is 156 Å². The number of aryl methyl sites for hydroxylation is 2. The first-order valence-electron chi connectivity index (χ1n) is 16.1. The number of nitrogens with zero attached hydrogens (tertiary/aromatic N) is 3. The van der Waals surface area contributed by atoms with Crippen molar-refractivity contribution in [2.24, 2.45) is 5.73 Å². The van der Waals surface area contributed by atoms with Gasteiger partial charge in [0, 0.05) is 0 Å². The molecule has 0 aliphatic heterocycles. The summed E-state index contributed by atoms with van der Waals surface area (Å²) in [5, 5.41) is 3.28. The molecule has 1 atom stereocenters. The van der Waals surface area contributed by atoms with Gasteiger partial charge < -0.3 is 28.1 Å². The molecule has 0 fully saturated rings. The molecule has 0 unspecified atom stereocenters. The van der Waals surface area contributed by atoms with E-state index in [0.717, 1.165) is 21.1 Å². The lowest BCUT2D eigenvalue weighted by atomic mass is 10.2. The van der Waals surface area contributed by atoms with Crippen molar-refractivity contribution in [3.8, 4) is 23.2 Å². The Labute approximate surface area is 289 Å². The largest absolute Gasteiger partial charge is 0.456 e. The van der Waals surface area contributed by atoms with Crippen LogP contribution in [0.15, 0.2) is 141 Å². The molecule has 0 bridgehead atoms. The molecule has 3 heterocycles. The van der Waals surface area contributed by atoms with E-state index in [2.05, 4.69) is 46.4 Å². The summed E-state index contributed by atoms with van der Waals surface area (Å²) >= 11 is 0. The van der Waals surface area contributed by atoms with Gasteiger partial charge >= 0.3 is 5.97 Å². The summed E-state index contributed by atoms with van der Waals surface area (Å²) in [4.78, 5) is 26.2. The van der Waals surface area contributed by atoms with E-state index in [1.165, 1.54) is 6.26 Å². The third kappa shape index (κ3) is 6.57. The maximum absolute atomic E-state index is 12.6. The standard InChI is InChI=1S/C39H34N4O6Si/c1-26-34(37-41-33(25-45-37)39(44)46-23-28-15-7-3-8-16-28)43-38(49-26)35-27(2)48-36(42-35)32(40)24-47-50(29-17-9-4-10-18-29,30-19-11-5-12-20-30)31-21-13-6-14-22-31/h3-22,25,32H,23-24,40H2,1-2H3/t32-/m0/s1. The van der Waals surface area contributed by atoms with Crippen molar-refractivity contribution in [1.82, 2.24) is 15.0 Å². The van der Waals surface area contributed by atoms with Gasteiger partial charge in [-0.2, -0.15) is 0 Å². The molecule has 10 nitrogen and oxygen atoms in total. The fourth-order valence-corrected chi connectivity index (χ4v) is 9.71. The Morgan fingerprint density at radius 3 is 1.80 bits per heavy atom. The van der Waals surface area contributed by atoms with Gasteiger partial charge in [0.25, 0.3) is 8.32 Å². The quantitative estimate of drug-likeness (QED) is 0.0978. The Morgan fingerprint density at radius 2 is 1.22 bits per heavy atom. The third-order valence-electron chi connectivity index (χ3n) is 8.28. The highest BCUT2D eigenvalue weighted by Gasteiger charge is 2.42. The summed E-state index contributed by atoms with van der Waals surface area (Å²) in [6, 6.07) is 39.5. The van der Waals surface area contributed by atoms with Crippen LogP contribution in [0, 0.1) is 13.8 Å². The fraction of sp³-hybridized carbons (Fsp3) is 0.128. The van der Waals surface area contributed by atoms with E-state index in [1.807, 2.05) is 84.9 Å². The van der Waals surface area contributed by atoms with Crippen LogP contribution >= 0.6 is 0 Å². The SMILES string of the molecule is Cc1oc(-c2nc([C@@H](N)CO[Si](c3ccccc3)(c3ccccc3)c3ccccc3)oc2C)nc1-c1nc(C(=O)OCc2ccccc2)co1. The average Bonchev–Trinajstić information content (AvgIpc) is 3.91. The molecule has 7 aromatic rings. The first-order chi connectivity index (χ1) is 24.4. The summed E-state index contributed by atoms with van der Waals surface area (Å²) in [5.41, 5.74) is 8.33. The summed E-state index contributed by atoms with van der Waals surface area (Å²) in [7, 11) is -2.99. The van der Waals surface area contributed by atoms with Crippen molar-refractivity contribution in [3.63, 3.8) is 0 Å². The topological polar surface area (TPSA) is 140 Å². The average molecular weight is 683 g/mol. The van der Waals surface area contributed by atoms with Crippen LogP contribution in [0.4, 0.5) is 0 Å². The smallest absolute Gasteiger partial charge is 0.360 e. The van der Waals surface area contributed by atoms with E-state index >= 15 is 0 Å². The van der Waals surface area contributed by atoms with Crippen molar-refractivity contribution in [2.45, 2.75) is 26.5 Å². The van der Waals surface area contributed by atoms with Gasteiger partial charge in [-0.25, -0.2) is 19.7 Å². The number of aromatic nitrogens is 3. The van der Waals surface area contributed by atoms with Gasteiger partial charge in [0.15, 0.2) is 17.1 Å². The molecule has 250 valence electrons. The lowest BCUT2D eigenvalue weighted by molar-refractivity contribution is 0.0465. The van der Waals surface area contributed by atoms with Crippen LogP contribution in [-0.2, 0) is 15.8 Å². The van der Waals surface area contributed by atoms with Gasteiger partial charge in [0.05, 0.1) is 6.61 Å². The second-order valence-corrected chi connectivity index (χ2v) is 15.1. The van der Waals surface area contributed by atoms with Gasteiger partial charge in [-0.1, -0.05) is 121 Å². The molecule has 4 aromatic carbocycles. The van der Waals surface area contributed by atoms with Crippen LogP contribution in [0.3, 0.4) is 0 Å². The fourth-order valence-electron chi connectivity index (χ4n) is 5.80. The van der Waals surface area contributed by atoms with Crippen LogP contribution in [0.2, 0.25) is 0 Å². The first-order valence-corrected chi connectivity index (χ1v) is 18.0. The normalized spacial score (nSPS) is 12.1. The predicted octanol–water partition coefficient (Wildman–Crippen LogP) is 5.64. The molecule has 0 saturated carbocycles. The molecular weight excluding hydrogens is 649 g/mol. The summed E-state index contributed by atoms with van der Waals surface area (Å²) in [6.45, 7) is 3.74. The van der Waals surface area contributed by atoms with E-state index in [0.29, 0.717) is 22.9 Å². The molecule has 0 amide bonds. The molecule has 50 heavy (non-hydrogen) atoms. The van der Waals surface area contributed by atoms with E-state index in [1.54, 1.807) is 13.8 Å². The van der Waals surface area contributed by atoms with Gasteiger partial charge in [0.2, 0.25) is 17.7 Å². The first kappa shape index (κ1) is 32.7. The number of carbonyl (C=O) groups excluding carboxylic acids is 1.